The van der Waals surface area contributed by atoms with Crippen molar-refractivity contribution < 1.29 is 9.50 Å². The van der Waals surface area contributed by atoms with Crippen molar-refractivity contribution in [3.63, 3.8) is 0 Å². The van der Waals surface area contributed by atoms with Gasteiger partial charge in [-0.15, -0.1) is 0 Å². The van der Waals surface area contributed by atoms with Crippen molar-refractivity contribution in [2.75, 3.05) is 14.1 Å². The lowest BCUT2D eigenvalue weighted by Gasteiger charge is -2.38. The summed E-state index contributed by atoms with van der Waals surface area (Å²) in [6, 6.07) is 18.1. The van der Waals surface area contributed by atoms with Crippen molar-refractivity contribution in [3.05, 3.63) is 71.3 Å². The lowest BCUT2D eigenvalue weighted by atomic mass is 9.80. The molecule has 0 bridgehead atoms. The molecule has 0 saturated carbocycles. The highest BCUT2D eigenvalue weighted by Crippen LogP contribution is 2.27. The third-order valence-electron chi connectivity index (χ3n) is 4.52. The monoisotopic (exact) mass is 315 g/mol. The highest BCUT2D eigenvalue weighted by molar-refractivity contribution is 6.03. The van der Waals surface area contributed by atoms with Crippen LogP contribution < -0.4 is 0 Å². The molecule has 0 spiro atoms. The molecular formula is C20H26FNO. The number of rotatable bonds is 6. The van der Waals surface area contributed by atoms with E-state index in [2.05, 4.69) is 43.0 Å². The highest BCUT2D eigenvalue weighted by Gasteiger charge is 2.39. The van der Waals surface area contributed by atoms with Gasteiger partial charge in [-0.25, -0.2) is 0 Å². The summed E-state index contributed by atoms with van der Waals surface area (Å²) in [7, 11) is 4.00. The van der Waals surface area contributed by atoms with Gasteiger partial charge >= 0.3 is 0 Å². The van der Waals surface area contributed by atoms with E-state index in [-0.39, 0.29) is 10.5 Å². The Hall–Kier alpha value is -2.00. The second kappa shape index (κ2) is 8.02. The average molecular weight is 315 g/mol. The van der Waals surface area contributed by atoms with Gasteiger partial charge in [0.05, 0.1) is 5.54 Å². The number of carbonyl (C=O) groups is 1. The molecule has 0 amide bonds. The molecule has 0 aromatic heterocycles. The van der Waals surface area contributed by atoms with Crippen molar-refractivity contribution in [2.45, 2.75) is 32.2 Å². The summed E-state index contributed by atoms with van der Waals surface area (Å²) in [6.45, 7) is 4.17. The molecule has 2 aromatic rings. The standard InChI is InChI=1S/C20H25NO.FH/c1-5-20(21(3)4,15-17-13-11-16(2)12-14-17)19(22)18-9-7-6-8-10-18;/h6-14H,5,15H2,1-4H3;1H. The van der Waals surface area contributed by atoms with Gasteiger partial charge in [-0.3, -0.25) is 14.4 Å². The minimum Gasteiger partial charge on any atom is -0.297 e. The first-order valence-corrected chi connectivity index (χ1v) is 7.82. The maximum atomic E-state index is 13.2. The summed E-state index contributed by atoms with van der Waals surface area (Å²) in [4.78, 5) is 15.2. The van der Waals surface area contributed by atoms with Gasteiger partial charge in [0, 0.05) is 5.56 Å². The van der Waals surface area contributed by atoms with E-state index in [1.54, 1.807) is 0 Å². The number of hydrogen-bond acceptors (Lipinski definition) is 2. The molecular weight excluding hydrogens is 289 g/mol. The van der Waals surface area contributed by atoms with E-state index in [1.807, 2.05) is 44.4 Å². The Balaban J connectivity index is 0.00000264. The third-order valence-corrected chi connectivity index (χ3v) is 4.52. The average Bonchev–Trinajstić information content (AvgIpc) is 2.54. The van der Waals surface area contributed by atoms with Crippen LogP contribution in [0.25, 0.3) is 0 Å². The Labute approximate surface area is 138 Å². The second-order valence-corrected chi connectivity index (χ2v) is 6.14. The van der Waals surface area contributed by atoms with E-state index in [1.165, 1.54) is 11.1 Å². The number of nitrogens with zero attached hydrogens (tertiary/aromatic N) is 1. The number of ketones is 1. The Morgan fingerprint density at radius 2 is 1.57 bits per heavy atom. The van der Waals surface area contributed by atoms with Gasteiger partial charge in [0.25, 0.3) is 0 Å². The van der Waals surface area contributed by atoms with Crippen LogP contribution in [0, 0.1) is 6.92 Å². The van der Waals surface area contributed by atoms with Gasteiger partial charge < -0.3 is 0 Å². The van der Waals surface area contributed by atoms with Crippen LogP contribution in [0.2, 0.25) is 0 Å². The number of aryl methyl sites for hydroxylation is 1. The van der Waals surface area contributed by atoms with E-state index >= 15 is 0 Å². The van der Waals surface area contributed by atoms with Crippen LogP contribution in [-0.4, -0.2) is 30.3 Å². The fourth-order valence-corrected chi connectivity index (χ4v) is 2.95. The van der Waals surface area contributed by atoms with E-state index in [0.717, 1.165) is 18.4 Å². The van der Waals surface area contributed by atoms with Gasteiger partial charge in [0.2, 0.25) is 0 Å². The van der Waals surface area contributed by atoms with Gasteiger partial charge in [-0.1, -0.05) is 67.1 Å². The van der Waals surface area contributed by atoms with E-state index in [0.29, 0.717) is 0 Å². The molecule has 0 aliphatic rings. The zero-order chi connectivity index (χ0) is 16.2. The first-order chi connectivity index (χ1) is 10.5. The summed E-state index contributed by atoms with van der Waals surface area (Å²) in [6.07, 6.45) is 1.51. The van der Waals surface area contributed by atoms with Crippen molar-refractivity contribution in [1.82, 2.24) is 4.90 Å². The molecule has 0 aliphatic carbocycles. The Bertz CT molecular complexity index is 622. The molecule has 23 heavy (non-hydrogen) atoms. The lowest BCUT2D eigenvalue weighted by molar-refractivity contribution is 0.0666. The molecule has 0 radical (unpaired) electrons. The summed E-state index contributed by atoms with van der Waals surface area (Å²) < 4.78 is 0. The maximum Gasteiger partial charge on any atom is 0.183 e. The quantitative estimate of drug-likeness (QED) is 0.741. The maximum absolute atomic E-state index is 13.2. The van der Waals surface area contributed by atoms with Crippen LogP contribution in [0.1, 0.15) is 34.8 Å². The molecule has 124 valence electrons. The Morgan fingerprint density at radius 3 is 2.04 bits per heavy atom. The van der Waals surface area contributed by atoms with Crippen molar-refractivity contribution in [2.24, 2.45) is 0 Å². The minimum absolute atomic E-state index is 0. The fourth-order valence-electron chi connectivity index (χ4n) is 2.95. The van der Waals surface area contributed by atoms with Crippen LogP contribution in [-0.2, 0) is 6.42 Å². The van der Waals surface area contributed by atoms with E-state index in [9.17, 15) is 4.79 Å². The molecule has 0 heterocycles. The fraction of sp³-hybridized carbons (Fsp3) is 0.350. The predicted molar refractivity (Wildman–Crippen MR) is 94.9 cm³/mol. The first kappa shape index (κ1) is 19.0. The van der Waals surface area contributed by atoms with Crippen LogP contribution in [0.4, 0.5) is 4.70 Å². The van der Waals surface area contributed by atoms with E-state index < -0.39 is 5.54 Å². The lowest BCUT2D eigenvalue weighted by Crippen LogP contribution is -2.52. The smallest absolute Gasteiger partial charge is 0.183 e. The van der Waals surface area contributed by atoms with Crippen LogP contribution in [0.15, 0.2) is 54.6 Å². The summed E-state index contributed by atoms with van der Waals surface area (Å²) in [5.74, 6) is 0.196. The number of likely N-dealkylation sites (N-methyl/N-ethyl adjacent to an activating group) is 1. The van der Waals surface area contributed by atoms with E-state index in [4.69, 9.17) is 0 Å². The minimum atomic E-state index is -0.503. The molecule has 1 unspecified atom stereocenters. The molecule has 2 nitrogen and oxygen atoms in total. The molecule has 0 fully saturated rings. The van der Waals surface area contributed by atoms with Crippen LogP contribution in [0.3, 0.4) is 0 Å². The zero-order valence-electron chi connectivity index (χ0n) is 14.4. The molecule has 1 atom stereocenters. The molecule has 2 aromatic carbocycles. The molecule has 2 rings (SSSR count). The summed E-state index contributed by atoms with van der Waals surface area (Å²) in [5.41, 5.74) is 2.72. The van der Waals surface area contributed by atoms with Gasteiger partial charge in [-0.2, -0.15) is 0 Å². The third kappa shape index (κ3) is 4.05. The molecule has 3 heteroatoms. The van der Waals surface area contributed by atoms with Gasteiger partial charge in [0.1, 0.15) is 0 Å². The first-order valence-electron chi connectivity index (χ1n) is 7.82. The van der Waals surface area contributed by atoms with Gasteiger partial charge in [0.15, 0.2) is 5.78 Å². The second-order valence-electron chi connectivity index (χ2n) is 6.14. The summed E-state index contributed by atoms with van der Waals surface area (Å²) >= 11 is 0. The SMILES string of the molecule is CCC(Cc1ccc(C)cc1)(C(=O)c1ccccc1)N(C)C.F. The zero-order valence-corrected chi connectivity index (χ0v) is 14.4. The number of Topliss-reactive ketones (excluding diaryl/α,β-unsaturated/α-hetero) is 1. The number of carbonyl (C=O) groups excluding carboxylic acids is 1. The number of benzene rings is 2. The van der Waals surface area contributed by atoms with Crippen molar-refractivity contribution >= 4 is 5.78 Å². The number of halogens is 1. The highest BCUT2D eigenvalue weighted by atomic mass is 19.0. The Kier molecular flexibility index (Phi) is 6.64. The topological polar surface area (TPSA) is 20.3 Å². The van der Waals surface area contributed by atoms with Crippen LogP contribution in [0.5, 0.6) is 0 Å². The Morgan fingerprint density at radius 1 is 1.00 bits per heavy atom. The molecule has 0 aliphatic heterocycles. The molecule has 0 saturated heterocycles. The van der Waals surface area contributed by atoms with Crippen LogP contribution >= 0.6 is 0 Å². The van der Waals surface area contributed by atoms with Gasteiger partial charge in [-0.05, 0) is 39.4 Å². The molecule has 0 N–H and O–H groups in total. The van der Waals surface area contributed by atoms with Crippen molar-refractivity contribution in [1.29, 1.82) is 0 Å². The normalized spacial score (nSPS) is 13.3. The van der Waals surface area contributed by atoms with Crippen molar-refractivity contribution in [3.8, 4) is 0 Å². The predicted octanol–water partition coefficient (Wildman–Crippen LogP) is 4.28. The number of hydrogen-bond donors (Lipinski definition) is 0. The largest absolute Gasteiger partial charge is 0.297 e. The summed E-state index contributed by atoms with van der Waals surface area (Å²) in [5, 5.41) is 0.